The molecule has 0 aromatic carbocycles. The topological polar surface area (TPSA) is 35.5 Å². The van der Waals surface area contributed by atoms with Gasteiger partial charge in [-0.05, 0) is 12.8 Å². The van der Waals surface area contributed by atoms with Crippen LogP contribution in [0.25, 0.3) is 0 Å². The lowest BCUT2D eigenvalue weighted by Gasteiger charge is -2.31. The average Bonchev–Trinajstić information content (AvgIpc) is 1.89. The number of ether oxygens (including phenoxy) is 2. The van der Waals surface area contributed by atoms with Gasteiger partial charge in [0.2, 0.25) is 0 Å². The molecule has 1 atom stereocenters. The third-order valence-corrected chi connectivity index (χ3v) is 2.75. The Hall–Kier alpha value is -0.353. The van der Waals surface area contributed by atoms with Gasteiger partial charge in [0.15, 0.2) is 5.41 Å². The zero-order valence-corrected chi connectivity index (χ0v) is 8.13. The van der Waals surface area contributed by atoms with Crippen molar-refractivity contribution in [1.29, 1.82) is 0 Å². The first-order valence-corrected chi connectivity index (χ1v) is 4.52. The van der Waals surface area contributed by atoms with E-state index in [1.165, 1.54) is 0 Å². The molecule has 0 spiro atoms. The van der Waals surface area contributed by atoms with Gasteiger partial charge in [0.05, 0.1) is 16.8 Å². The molecule has 1 rings (SSSR count). The number of rotatable bonds is 2. The molecular weight excluding hydrogens is 148 g/mol. The van der Waals surface area contributed by atoms with Gasteiger partial charge in [-0.2, -0.15) is 0 Å². The van der Waals surface area contributed by atoms with Crippen LogP contribution >= 0.6 is 0 Å². The third-order valence-electron chi connectivity index (χ3n) is 1.73. The highest BCUT2D eigenvalue weighted by molar-refractivity contribution is 6.13. The summed E-state index contributed by atoms with van der Waals surface area (Å²) in [6.45, 7) is 1.22. The number of carbonyl (C=O) groups excluding carboxylic acids is 1. The molecule has 1 fully saturated rings. The summed E-state index contributed by atoms with van der Waals surface area (Å²) in [6, 6.07) is 0. The van der Waals surface area contributed by atoms with Gasteiger partial charge in [0, 0.05) is 6.42 Å². The number of hydrogen-bond acceptors (Lipinski definition) is 3. The molecular formula is C6H12O3Si. The second-order valence-corrected chi connectivity index (χ2v) is 4.18. The smallest absolute Gasteiger partial charge is 0.295 e. The van der Waals surface area contributed by atoms with E-state index in [-0.39, 0.29) is 0 Å². The van der Waals surface area contributed by atoms with Crippen molar-refractivity contribution in [1.82, 2.24) is 0 Å². The summed E-state index contributed by atoms with van der Waals surface area (Å²) in [5, 5.41) is 0. The van der Waals surface area contributed by atoms with Crippen LogP contribution in [0.4, 0.5) is 0 Å². The van der Waals surface area contributed by atoms with Crippen molar-refractivity contribution in [2.24, 2.45) is 0 Å². The van der Waals surface area contributed by atoms with E-state index >= 15 is 0 Å². The van der Waals surface area contributed by atoms with Gasteiger partial charge < -0.3 is 9.47 Å². The molecule has 1 aliphatic rings. The molecule has 1 aliphatic heterocycles. The molecule has 1 saturated heterocycles. The summed E-state index contributed by atoms with van der Waals surface area (Å²) in [5.74, 6) is 0. The van der Waals surface area contributed by atoms with E-state index in [9.17, 15) is 4.79 Å². The molecule has 3 nitrogen and oxygen atoms in total. The Morgan fingerprint density at radius 3 is 2.90 bits per heavy atom. The van der Waals surface area contributed by atoms with Crippen molar-refractivity contribution in [3.63, 3.8) is 0 Å². The van der Waals surface area contributed by atoms with Crippen molar-refractivity contribution < 1.29 is 14.3 Å². The molecule has 0 N–H and O–H groups in total. The maximum atomic E-state index is 10.00. The first kappa shape index (κ1) is 7.75. The first-order valence-electron chi connectivity index (χ1n) is 3.52. The maximum absolute atomic E-state index is 10.00. The highest BCUT2D eigenvalue weighted by Crippen LogP contribution is 2.21. The van der Waals surface area contributed by atoms with Crippen molar-refractivity contribution in [2.75, 3.05) is 6.61 Å². The second-order valence-electron chi connectivity index (χ2n) is 2.65. The highest BCUT2D eigenvalue weighted by Gasteiger charge is 2.28. The summed E-state index contributed by atoms with van der Waals surface area (Å²) in [5.41, 5.74) is -0.500. The van der Waals surface area contributed by atoms with Crippen LogP contribution in [0.2, 0.25) is 0 Å². The molecule has 0 bridgehead atoms. The van der Waals surface area contributed by atoms with Crippen molar-refractivity contribution in [2.45, 2.75) is 24.7 Å². The molecule has 4 heteroatoms. The fourth-order valence-electron chi connectivity index (χ4n) is 1.10. The third kappa shape index (κ3) is 1.81. The summed E-state index contributed by atoms with van der Waals surface area (Å²) >= 11 is 0. The molecule has 1 unspecified atom stereocenters. The minimum absolute atomic E-state index is 0.484. The van der Waals surface area contributed by atoms with Crippen LogP contribution in [0.5, 0.6) is 0 Å². The minimum atomic E-state index is -0.500. The van der Waals surface area contributed by atoms with Gasteiger partial charge in [0.25, 0.3) is 6.47 Å². The Labute approximate surface area is 63.1 Å². The number of hydrogen-bond donors (Lipinski definition) is 0. The molecule has 0 saturated carbocycles. The molecule has 0 aromatic heterocycles. The Morgan fingerprint density at radius 1 is 1.60 bits per heavy atom. The van der Waals surface area contributed by atoms with Crippen LogP contribution in [-0.2, 0) is 14.3 Å². The lowest BCUT2D eigenvalue weighted by atomic mass is 10.2. The summed E-state index contributed by atoms with van der Waals surface area (Å²) < 4.78 is 10.1. The van der Waals surface area contributed by atoms with Crippen molar-refractivity contribution >= 4 is 16.7 Å². The van der Waals surface area contributed by atoms with Crippen molar-refractivity contribution in [3.05, 3.63) is 0 Å². The predicted molar refractivity (Wildman–Crippen MR) is 39.6 cm³/mol. The minimum Gasteiger partial charge on any atom is -0.441 e. The van der Waals surface area contributed by atoms with E-state index in [0.29, 0.717) is 6.47 Å². The Balaban J connectivity index is 2.39. The van der Waals surface area contributed by atoms with Crippen LogP contribution < -0.4 is 0 Å². The van der Waals surface area contributed by atoms with Gasteiger partial charge in [-0.15, -0.1) is 0 Å². The van der Waals surface area contributed by atoms with Crippen LogP contribution in [0.3, 0.4) is 0 Å². The van der Waals surface area contributed by atoms with Gasteiger partial charge in [-0.1, -0.05) is 0 Å². The maximum Gasteiger partial charge on any atom is 0.295 e. The van der Waals surface area contributed by atoms with Gasteiger partial charge in [-0.3, -0.25) is 4.79 Å². The van der Waals surface area contributed by atoms with E-state index in [1.54, 1.807) is 0 Å². The Kier molecular flexibility index (Phi) is 2.45. The molecule has 1 heterocycles. The summed E-state index contributed by atoms with van der Waals surface area (Å²) in [6.07, 6.45) is 3.07. The lowest BCUT2D eigenvalue weighted by molar-refractivity contribution is -0.193. The lowest BCUT2D eigenvalue weighted by Crippen LogP contribution is -2.39. The second kappa shape index (κ2) is 3.16. The standard InChI is InChI=1S/C6H12O3Si/c7-5-9-6(10)3-1-2-4-8-6/h5H,1-4H2,10H3. The Morgan fingerprint density at radius 2 is 2.40 bits per heavy atom. The molecule has 0 aromatic rings. The normalized spacial score (nSPS) is 33.6. The van der Waals surface area contributed by atoms with Crippen molar-refractivity contribution in [3.8, 4) is 0 Å². The first-order chi connectivity index (χ1) is 4.77. The van der Waals surface area contributed by atoms with E-state index in [1.807, 2.05) is 0 Å². The van der Waals surface area contributed by atoms with Crippen LogP contribution in [-0.4, -0.2) is 28.7 Å². The molecule has 58 valence electrons. The fraction of sp³-hybridized carbons (Fsp3) is 0.833. The molecule has 10 heavy (non-hydrogen) atoms. The van der Waals surface area contributed by atoms with Gasteiger partial charge in [0.1, 0.15) is 0 Å². The largest absolute Gasteiger partial charge is 0.441 e. The number of carbonyl (C=O) groups is 1. The van der Waals surface area contributed by atoms with E-state index in [2.05, 4.69) is 0 Å². The fourth-order valence-corrected chi connectivity index (χ4v) is 1.76. The Bertz CT molecular complexity index is 120. The van der Waals surface area contributed by atoms with Crippen LogP contribution in [0.1, 0.15) is 19.3 Å². The van der Waals surface area contributed by atoms with Crippen LogP contribution in [0.15, 0.2) is 0 Å². The SMILES string of the molecule is O=COC1([SiH3])CCCCO1. The monoisotopic (exact) mass is 160 g/mol. The zero-order chi connectivity index (χ0) is 7.45. The van der Waals surface area contributed by atoms with Gasteiger partial charge in [-0.25, -0.2) is 0 Å². The van der Waals surface area contributed by atoms with E-state index in [4.69, 9.17) is 9.47 Å². The quantitative estimate of drug-likeness (QED) is 0.399. The molecule has 0 radical (unpaired) electrons. The summed E-state index contributed by atoms with van der Waals surface area (Å²) in [7, 11) is 0.764. The van der Waals surface area contributed by atoms with Crippen LogP contribution in [0, 0.1) is 0 Å². The molecule has 0 aliphatic carbocycles. The summed E-state index contributed by atoms with van der Waals surface area (Å²) in [4.78, 5) is 10.00. The highest BCUT2D eigenvalue weighted by atomic mass is 28.1. The average molecular weight is 160 g/mol. The zero-order valence-electron chi connectivity index (χ0n) is 6.13. The van der Waals surface area contributed by atoms with E-state index in [0.717, 1.165) is 36.1 Å². The van der Waals surface area contributed by atoms with E-state index < -0.39 is 5.41 Å². The molecule has 0 amide bonds. The van der Waals surface area contributed by atoms with Gasteiger partial charge >= 0.3 is 0 Å². The predicted octanol–water partition coefficient (Wildman–Crippen LogP) is -0.621.